The van der Waals surface area contributed by atoms with E-state index in [9.17, 15) is 13.2 Å². The van der Waals surface area contributed by atoms with Crippen LogP contribution in [-0.4, -0.2) is 34.6 Å². The highest BCUT2D eigenvalue weighted by molar-refractivity contribution is 6.31. The van der Waals surface area contributed by atoms with Crippen molar-refractivity contribution in [1.82, 2.24) is 34.6 Å². The minimum Gasteiger partial charge on any atom is -0.419 e. The lowest BCUT2D eigenvalue weighted by atomic mass is 10.2. The van der Waals surface area contributed by atoms with Gasteiger partial charge in [0.05, 0.1) is 16.4 Å². The van der Waals surface area contributed by atoms with Crippen LogP contribution in [0.25, 0.3) is 17.2 Å². The Hall–Kier alpha value is -2.95. The van der Waals surface area contributed by atoms with Gasteiger partial charge in [-0.05, 0) is 32.8 Å². The molecule has 4 aromatic heterocycles. The van der Waals surface area contributed by atoms with E-state index in [4.69, 9.17) is 16.0 Å². The van der Waals surface area contributed by atoms with E-state index in [2.05, 4.69) is 25.4 Å². The number of rotatable bonds is 5. The highest BCUT2D eigenvalue weighted by Gasteiger charge is 2.37. The summed E-state index contributed by atoms with van der Waals surface area (Å²) < 4.78 is 48.8. The number of nitrogens with zero attached hydrogens (tertiary/aromatic N) is 7. The molecule has 0 saturated heterocycles. The van der Waals surface area contributed by atoms with Crippen molar-refractivity contribution >= 4 is 17.2 Å². The molecule has 1 aliphatic rings. The summed E-state index contributed by atoms with van der Waals surface area (Å²) in [7, 11) is 0. The number of hydrogen-bond acceptors (Lipinski definition) is 6. The smallest absolute Gasteiger partial charge is 0.419 e. The molecule has 5 rings (SSSR count). The van der Waals surface area contributed by atoms with Crippen LogP contribution in [0.2, 0.25) is 5.02 Å². The zero-order valence-corrected chi connectivity index (χ0v) is 17.4. The van der Waals surface area contributed by atoms with Gasteiger partial charge in [0, 0.05) is 30.6 Å². The van der Waals surface area contributed by atoms with Crippen molar-refractivity contribution in [2.75, 3.05) is 0 Å². The fourth-order valence-corrected chi connectivity index (χ4v) is 3.58. The first-order valence-corrected chi connectivity index (χ1v) is 10.1. The summed E-state index contributed by atoms with van der Waals surface area (Å²) in [5, 5.41) is 16.9. The summed E-state index contributed by atoms with van der Waals surface area (Å²) in [4.78, 5) is 4.35. The number of alkyl halides is 3. The lowest BCUT2D eigenvalue weighted by Gasteiger charge is -2.10. The first-order valence-electron chi connectivity index (χ1n) is 9.71. The molecule has 0 radical (unpaired) electrons. The molecule has 0 atom stereocenters. The average molecular weight is 452 g/mol. The van der Waals surface area contributed by atoms with E-state index in [0.717, 1.165) is 34.8 Å². The third-order valence-electron chi connectivity index (χ3n) is 5.25. The molecule has 12 heteroatoms. The van der Waals surface area contributed by atoms with Crippen LogP contribution < -0.4 is 0 Å². The summed E-state index contributed by atoms with van der Waals surface area (Å²) in [5.74, 6) is 0.425. The van der Waals surface area contributed by atoms with Gasteiger partial charge in [-0.1, -0.05) is 11.6 Å². The maximum absolute atomic E-state index is 13.6. The van der Waals surface area contributed by atoms with Gasteiger partial charge >= 0.3 is 6.18 Å². The van der Waals surface area contributed by atoms with E-state index in [-0.39, 0.29) is 23.1 Å². The zero-order valence-electron chi connectivity index (χ0n) is 16.6. The van der Waals surface area contributed by atoms with Gasteiger partial charge in [0.2, 0.25) is 5.89 Å². The largest absolute Gasteiger partial charge is 0.433 e. The van der Waals surface area contributed by atoms with Crippen LogP contribution in [0.3, 0.4) is 0 Å². The Bertz CT molecular complexity index is 1290. The molecular weight excluding hydrogens is 435 g/mol. The molecule has 0 aliphatic heterocycles. The third-order valence-corrected chi connectivity index (χ3v) is 5.80. The topological polar surface area (TPSA) is 86.9 Å². The zero-order chi connectivity index (χ0) is 21.9. The number of fused-ring (bicyclic) bond motifs is 1. The minimum absolute atomic E-state index is 0.0352. The summed E-state index contributed by atoms with van der Waals surface area (Å²) in [6.45, 7) is 4.15. The quantitative estimate of drug-likeness (QED) is 0.447. The summed E-state index contributed by atoms with van der Waals surface area (Å²) in [6.07, 6.45) is -2.49. The van der Waals surface area contributed by atoms with Crippen molar-refractivity contribution in [1.29, 1.82) is 0 Å². The fourth-order valence-electron chi connectivity index (χ4n) is 3.44. The second-order valence-electron chi connectivity index (χ2n) is 7.60. The Morgan fingerprint density at radius 1 is 1.16 bits per heavy atom. The molecule has 0 N–H and O–H groups in total. The van der Waals surface area contributed by atoms with Crippen molar-refractivity contribution in [3.8, 4) is 11.6 Å². The minimum atomic E-state index is -4.56. The van der Waals surface area contributed by atoms with Crippen molar-refractivity contribution in [2.45, 2.75) is 51.7 Å². The maximum Gasteiger partial charge on any atom is 0.433 e. The van der Waals surface area contributed by atoms with Crippen LogP contribution in [0, 0.1) is 13.8 Å². The first-order chi connectivity index (χ1) is 14.7. The molecule has 162 valence electrons. The molecule has 8 nitrogen and oxygen atoms in total. The third kappa shape index (κ3) is 3.67. The van der Waals surface area contributed by atoms with Crippen LogP contribution in [0.5, 0.6) is 0 Å². The predicted octanol–water partition coefficient (Wildman–Crippen LogP) is 4.38. The second-order valence-corrected chi connectivity index (χ2v) is 7.97. The molecule has 1 saturated carbocycles. The fraction of sp³-hybridized carbons (Fsp3) is 0.421. The average Bonchev–Trinajstić information content (AvgIpc) is 3.22. The van der Waals surface area contributed by atoms with E-state index in [1.54, 1.807) is 4.68 Å². The lowest BCUT2D eigenvalue weighted by molar-refractivity contribution is -0.142. The Labute approximate surface area is 179 Å². The van der Waals surface area contributed by atoms with Gasteiger partial charge in [-0.25, -0.2) is 9.50 Å². The van der Waals surface area contributed by atoms with Crippen LogP contribution in [-0.2, 0) is 19.1 Å². The highest BCUT2D eigenvalue weighted by atomic mass is 35.5. The molecular formula is C19H17ClF3N7O. The number of aromatic nitrogens is 7. The molecule has 0 unspecified atom stereocenters. The Kier molecular flexibility index (Phi) is 4.54. The molecule has 0 amide bonds. The highest BCUT2D eigenvalue weighted by Crippen LogP contribution is 2.41. The number of halogens is 4. The molecule has 0 aromatic carbocycles. The summed E-state index contributed by atoms with van der Waals surface area (Å²) >= 11 is 6.15. The van der Waals surface area contributed by atoms with Crippen LogP contribution in [0.1, 0.15) is 47.4 Å². The Morgan fingerprint density at radius 2 is 1.94 bits per heavy atom. The normalized spacial score (nSPS) is 14.6. The van der Waals surface area contributed by atoms with Gasteiger partial charge in [-0.3, -0.25) is 4.68 Å². The monoisotopic (exact) mass is 451 g/mol. The van der Waals surface area contributed by atoms with Gasteiger partial charge in [0.1, 0.15) is 5.69 Å². The van der Waals surface area contributed by atoms with Crippen LogP contribution >= 0.6 is 11.6 Å². The van der Waals surface area contributed by atoms with E-state index in [0.29, 0.717) is 29.6 Å². The van der Waals surface area contributed by atoms with Crippen LogP contribution in [0.4, 0.5) is 13.2 Å². The first kappa shape index (κ1) is 20.0. The Balaban J connectivity index is 1.43. The Morgan fingerprint density at radius 3 is 2.58 bits per heavy atom. The molecule has 1 fully saturated rings. The van der Waals surface area contributed by atoms with Gasteiger partial charge in [-0.15, -0.1) is 10.2 Å². The van der Waals surface area contributed by atoms with Crippen LogP contribution in [0.15, 0.2) is 16.5 Å². The molecule has 1 aliphatic carbocycles. The van der Waals surface area contributed by atoms with Gasteiger partial charge < -0.3 is 4.42 Å². The van der Waals surface area contributed by atoms with E-state index >= 15 is 0 Å². The van der Waals surface area contributed by atoms with E-state index in [1.807, 2.05) is 13.8 Å². The van der Waals surface area contributed by atoms with E-state index < -0.39 is 11.9 Å². The SMILES string of the molecule is Cc1nn(CCc2nnc(-c3cc4nc(C5CC5)cc(C(F)(F)F)n4n3)o2)c(C)c1Cl. The van der Waals surface area contributed by atoms with Gasteiger partial charge in [-0.2, -0.15) is 23.4 Å². The van der Waals surface area contributed by atoms with E-state index in [1.165, 1.54) is 6.07 Å². The molecule has 4 heterocycles. The predicted molar refractivity (Wildman–Crippen MR) is 104 cm³/mol. The van der Waals surface area contributed by atoms with Crippen molar-refractivity contribution < 1.29 is 17.6 Å². The van der Waals surface area contributed by atoms with Gasteiger partial charge in [0.25, 0.3) is 5.89 Å². The van der Waals surface area contributed by atoms with Gasteiger partial charge in [0.15, 0.2) is 11.3 Å². The molecule has 0 bridgehead atoms. The second kappa shape index (κ2) is 7.04. The summed E-state index contributed by atoms with van der Waals surface area (Å²) in [5.41, 5.74) is 1.36. The molecule has 31 heavy (non-hydrogen) atoms. The molecule has 0 spiro atoms. The van der Waals surface area contributed by atoms with Crippen molar-refractivity contribution in [3.63, 3.8) is 0 Å². The van der Waals surface area contributed by atoms with Crippen molar-refractivity contribution in [2.24, 2.45) is 0 Å². The van der Waals surface area contributed by atoms with Crippen molar-refractivity contribution in [3.05, 3.63) is 45.8 Å². The maximum atomic E-state index is 13.6. The summed E-state index contributed by atoms with van der Waals surface area (Å²) in [6, 6.07) is 2.50. The standard InChI is InChI=1S/C19H17ClF3N7O/c1-9-17(20)10(2)29(27-9)6-5-16-25-26-18(31-16)13-8-15-24-12(11-3-4-11)7-14(19(21,22)23)30(15)28-13/h7-8,11H,3-6H2,1-2H3. The number of aryl methyl sites for hydroxylation is 3. The lowest BCUT2D eigenvalue weighted by Crippen LogP contribution is -2.14. The number of hydrogen-bond donors (Lipinski definition) is 0. The molecule has 4 aromatic rings.